The number of benzene rings is 3. The second kappa shape index (κ2) is 9.55. The summed E-state index contributed by atoms with van der Waals surface area (Å²) in [7, 11) is 0. The third-order valence-corrected chi connectivity index (χ3v) is 7.19. The van der Waals surface area contributed by atoms with Crippen molar-refractivity contribution in [1.29, 1.82) is 0 Å². The molecule has 0 heterocycles. The van der Waals surface area contributed by atoms with Gasteiger partial charge in [0.1, 0.15) is 11.5 Å². The highest BCUT2D eigenvalue weighted by Gasteiger charge is 2.32. The third kappa shape index (κ3) is 5.80. The van der Waals surface area contributed by atoms with E-state index in [0.29, 0.717) is 22.7 Å². The van der Waals surface area contributed by atoms with Crippen LogP contribution in [0.25, 0.3) is 0 Å². The average Bonchev–Trinajstić information content (AvgIpc) is 2.74. The van der Waals surface area contributed by atoms with Crippen molar-refractivity contribution in [3.63, 3.8) is 0 Å². The Morgan fingerprint density at radius 3 is 1.21 bits per heavy atom. The number of rotatable bonds is 3. The van der Waals surface area contributed by atoms with Gasteiger partial charge in [0, 0.05) is 11.1 Å². The van der Waals surface area contributed by atoms with Crippen molar-refractivity contribution in [3.05, 3.63) is 70.8 Å². The smallest absolute Gasteiger partial charge is 0.143 e. The number of hydrogen-bond acceptors (Lipinski definition) is 4. The molecule has 0 aliphatic heterocycles. The van der Waals surface area contributed by atoms with Gasteiger partial charge in [0.2, 0.25) is 0 Å². The molecule has 38 heavy (non-hydrogen) atoms. The van der Waals surface area contributed by atoms with E-state index in [9.17, 15) is 10.2 Å². The molecule has 0 unspecified atom stereocenters. The predicted molar refractivity (Wildman–Crippen MR) is 164 cm³/mol. The van der Waals surface area contributed by atoms with Crippen molar-refractivity contribution in [2.75, 3.05) is 10.6 Å². The zero-order chi connectivity index (χ0) is 29.0. The molecule has 0 saturated heterocycles. The van der Waals surface area contributed by atoms with Crippen LogP contribution in [0.15, 0.2) is 48.5 Å². The molecule has 0 aromatic heterocycles. The zero-order valence-electron chi connectivity index (χ0n) is 25.5. The van der Waals surface area contributed by atoms with Crippen molar-refractivity contribution in [1.82, 2.24) is 0 Å². The molecule has 0 amide bonds. The topological polar surface area (TPSA) is 69.7 Å². The number of para-hydroxylation sites is 2. The van der Waals surface area contributed by atoms with Gasteiger partial charge in [-0.1, -0.05) is 107 Å². The molecule has 3 aromatic rings. The van der Waals surface area contributed by atoms with E-state index >= 15 is 0 Å². The molecule has 4 heteroatoms. The van der Waals surface area contributed by atoms with E-state index in [0.717, 1.165) is 22.3 Å². The van der Waals surface area contributed by atoms with E-state index in [1.165, 1.54) is 0 Å². The van der Waals surface area contributed by atoms with Gasteiger partial charge in [-0.05, 0) is 57.1 Å². The Hall–Kier alpha value is -3.14. The Balaban J connectivity index is 2.58. The number of nitrogens with zero attached hydrogens (tertiary/aromatic N) is 1. The second-order valence-corrected chi connectivity index (χ2v) is 14.7. The van der Waals surface area contributed by atoms with Crippen LogP contribution >= 0.6 is 0 Å². The molecule has 0 saturated carbocycles. The van der Waals surface area contributed by atoms with Crippen LogP contribution in [0.3, 0.4) is 0 Å². The van der Waals surface area contributed by atoms with Gasteiger partial charge in [0.05, 0.1) is 22.7 Å². The number of nitrogens with two attached hydrogens (primary N) is 1. The molecule has 3 aromatic carbocycles. The highest BCUT2D eigenvalue weighted by molar-refractivity contribution is 5.89. The van der Waals surface area contributed by atoms with E-state index in [1.54, 1.807) is 0 Å². The summed E-state index contributed by atoms with van der Waals surface area (Å²) in [5, 5.41) is 23.8. The van der Waals surface area contributed by atoms with E-state index < -0.39 is 0 Å². The van der Waals surface area contributed by atoms with Crippen LogP contribution in [0.4, 0.5) is 22.7 Å². The van der Waals surface area contributed by atoms with Gasteiger partial charge in [0.25, 0.3) is 0 Å². The molecule has 0 radical (unpaired) electrons. The molecule has 4 nitrogen and oxygen atoms in total. The second-order valence-electron chi connectivity index (χ2n) is 14.7. The third-order valence-electron chi connectivity index (χ3n) is 7.19. The van der Waals surface area contributed by atoms with Gasteiger partial charge in [0.15, 0.2) is 0 Å². The maximum atomic E-state index is 11.9. The largest absolute Gasteiger partial charge is 0.505 e. The molecule has 0 spiro atoms. The number of phenols is 2. The summed E-state index contributed by atoms with van der Waals surface area (Å²) in [6.07, 6.45) is 0. The van der Waals surface area contributed by atoms with Gasteiger partial charge in [-0.15, -0.1) is 0 Å². The summed E-state index contributed by atoms with van der Waals surface area (Å²) >= 11 is 0. The van der Waals surface area contributed by atoms with Gasteiger partial charge in [-0.3, -0.25) is 0 Å². The summed E-state index contributed by atoms with van der Waals surface area (Å²) < 4.78 is 0. The van der Waals surface area contributed by atoms with Crippen LogP contribution in [-0.4, -0.2) is 10.2 Å². The van der Waals surface area contributed by atoms with Crippen molar-refractivity contribution in [3.8, 4) is 11.5 Å². The molecular formula is C34H48N2O2. The molecular weight excluding hydrogens is 468 g/mol. The minimum atomic E-state index is -0.306. The Morgan fingerprint density at radius 2 is 0.895 bits per heavy atom. The molecule has 3 rings (SSSR count). The van der Waals surface area contributed by atoms with E-state index in [2.05, 4.69) is 95.2 Å². The summed E-state index contributed by atoms with van der Waals surface area (Å²) in [5.41, 5.74) is 12.0. The first-order chi connectivity index (χ1) is 17.1. The van der Waals surface area contributed by atoms with Crippen LogP contribution < -0.4 is 10.6 Å². The number of hydrogen-bond donors (Lipinski definition) is 3. The maximum absolute atomic E-state index is 11.9. The summed E-state index contributed by atoms with van der Waals surface area (Å²) in [6.45, 7) is 25.7. The summed E-state index contributed by atoms with van der Waals surface area (Å²) in [4.78, 5) is 1.94. The van der Waals surface area contributed by atoms with E-state index in [-0.39, 0.29) is 33.2 Å². The van der Waals surface area contributed by atoms with Gasteiger partial charge < -0.3 is 20.8 Å². The molecule has 0 fully saturated rings. The minimum absolute atomic E-state index is 0.164. The normalized spacial score (nSPS) is 13.1. The Labute approximate surface area is 230 Å². The molecule has 0 aliphatic carbocycles. The Kier molecular flexibility index (Phi) is 7.40. The van der Waals surface area contributed by atoms with Crippen LogP contribution in [0.5, 0.6) is 11.5 Å². The van der Waals surface area contributed by atoms with Crippen molar-refractivity contribution >= 4 is 22.7 Å². The first-order valence-corrected chi connectivity index (χ1v) is 13.5. The van der Waals surface area contributed by atoms with Gasteiger partial charge in [-0.25, -0.2) is 0 Å². The van der Waals surface area contributed by atoms with Crippen molar-refractivity contribution in [2.45, 2.75) is 105 Å². The molecule has 0 bridgehead atoms. The van der Waals surface area contributed by atoms with E-state index in [1.807, 2.05) is 41.3 Å². The van der Waals surface area contributed by atoms with Crippen molar-refractivity contribution < 1.29 is 10.2 Å². The van der Waals surface area contributed by atoms with Crippen LogP contribution in [0.2, 0.25) is 0 Å². The fourth-order valence-electron chi connectivity index (χ4n) is 4.67. The lowest BCUT2D eigenvalue weighted by Gasteiger charge is -2.35. The highest BCUT2D eigenvalue weighted by atomic mass is 16.3. The highest BCUT2D eigenvalue weighted by Crippen LogP contribution is 2.52. The molecule has 0 aliphatic rings. The summed E-state index contributed by atoms with van der Waals surface area (Å²) in [6, 6.07) is 15.9. The maximum Gasteiger partial charge on any atom is 0.143 e. The van der Waals surface area contributed by atoms with Crippen molar-refractivity contribution in [2.24, 2.45) is 0 Å². The van der Waals surface area contributed by atoms with Gasteiger partial charge in [-0.2, -0.15) is 0 Å². The molecule has 206 valence electrons. The Morgan fingerprint density at radius 1 is 0.526 bits per heavy atom. The van der Waals surface area contributed by atoms with E-state index in [4.69, 9.17) is 5.73 Å². The Bertz CT molecular complexity index is 1250. The average molecular weight is 517 g/mol. The standard InChI is InChI=1S/C34H48N2O2/c1-31(2,3)21-17-23(33(7,8)9)29(37)27(19-21)36(26-16-14-13-15-25(26)35)28-20-22(32(4,5)6)18-24(30(28)38)34(10,11)12/h13-20,37-38H,35H2,1-12H3. The fourth-order valence-corrected chi connectivity index (χ4v) is 4.67. The number of nitrogen functional groups attached to an aromatic ring is 1. The fraction of sp³-hybridized carbons (Fsp3) is 0.471. The monoisotopic (exact) mass is 516 g/mol. The van der Waals surface area contributed by atoms with Crippen LogP contribution in [0, 0.1) is 0 Å². The lowest BCUT2D eigenvalue weighted by Crippen LogP contribution is -2.22. The zero-order valence-corrected chi connectivity index (χ0v) is 25.5. The van der Waals surface area contributed by atoms with Crippen LogP contribution in [-0.2, 0) is 21.7 Å². The lowest BCUT2D eigenvalue weighted by atomic mass is 9.78. The molecule has 0 atom stereocenters. The van der Waals surface area contributed by atoms with Crippen LogP contribution in [0.1, 0.15) is 105 Å². The van der Waals surface area contributed by atoms with Gasteiger partial charge >= 0.3 is 0 Å². The quantitative estimate of drug-likeness (QED) is 0.303. The number of anilines is 4. The number of aromatic hydroxyl groups is 2. The predicted octanol–water partition coefficient (Wildman–Crippen LogP) is 9.34. The molecule has 4 N–H and O–H groups in total. The SMILES string of the molecule is CC(C)(C)c1cc(N(c2ccccc2N)c2cc(C(C)(C)C)cc(C(C)(C)C)c2O)c(O)c(C(C)(C)C)c1. The first-order valence-electron chi connectivity index (χ1n) is 13.5. The minimum Gasteiger partial charge on any atom is -0.505 e. The first kappa shape index (κ1) is 29.4. The summed E-state index contributed by atoms with van der Waals surface area (Å²) in [5.74, 6) is 0.373. The lowest BCUT2D eigenvalue weighted by molar-refractivity contribution is 0.442. The number of phenolic OH excluding ortho intramolecular Hbond substituents is 2.